The predicted molar refractivity (Wildman–Crippen MR) is 149 cm³/mol. The smallest absolute Gasteiger partial charge is 0.230 e. The molecule has 0 spiro atoms. The van der Waals surface area contributed by atoms with Gasteiger partial charge < -0.3 is 77.0 Å². The average molecular weight is 804 g/mol. The third kappa shape index (κ3) is 8.14. The molecule has 1 aliphatic carbocycles. The third-order valence-corrected chi connectivity index (χ3v) is 8.44. The molecule has 0 atom stereocenters. The van der Waals surface area contributed by atoms with Crippen LogP contribution < -0.4 is 58.6 Å². The summed E-state index contributed by atoms with van der Waals surface area (Å²) < 4.78 is 12.4. The highest BCUT2D eigenvalue weighted by molar-refractivity contribution is 6.29. The Balaban J connectivity index is 0.00000242. The summed E-state index contributed by atoms with van der Waals surface area (Å²) in [5.41, 5.74) is 2.05. The van der Waals surface area contributed by atoms with Gasteiger partial charge in [0.2, 0.25) is 11.8 Å². The van der Waals surface area contributed by atoms with E-state index in [1.54, 1.807) is 36.4 Å². The van der Waals surface area contributed by atoms with Crippen LogP contribution >= 0.6 is 0 Å². The molecule has 0 aromatic heterocycles. The fraction of sp³-hybridized carbons (Fsp3) is 0.467. The Bertz CT molecular complexity index is 1240. The number of ether oxygens (including phenoxy) is 2. The van der Waals surface area contributed by atoms with Crippen molar-refractivity contribution in [2.45, 2.75) is 12.8 Å². The molecular weight excluding hydrogens is 766 g/mol. The molecule has 0 unspecified atom stereocenters. The number of fused-ring (bicyclic) bond motifs is 2. The number of nitrogens with zero attached hydrogens (tertiary/aromatic N) is 2. The van der Waals surface area contributed by atoms with E-state index in [0.29, 0.717) is 74.9 Å². The lowest BCUT2D eigenvalue weighted by Gasteiger charge is -2.37. The van der Waals surface area contributed by atoms with Crippen LogP contribution in [0.5, 0.6) is 0 Å². The van der Waals surface area contributed by atoms with Crippen LogP contribution in [0, 0.1) is 0 Å². The van der Waals surface area contributed by atoms with Crippen LogP contribution in [0.3, 0.4) is 0 Å². The highest BCUT2D eigenvalue weighted by Crippen LogP contribution is 2.31. The lowest BCUT2D eigenvalue weighted by atomic mass is 9.83. The van der Waals surface area contributed by atoms with Gasteiger partial charge in [0, 0.05) is 33.6 Å². The zero-order valence-electron chi connectivity index (χ0n) is 24.0. The Kier molecular flexibility index (Phi) is 12.0. The van der Waals surface area contributed by atoms with Crippen molar-refractivity contribution in [3.05, 3.63) is 58.7 Å². The summed E-state index contributed by atoms with van der Waals surface area (Å²) in [5, 5.41) is 5.76. The van der Waals surface area contributed by atoms with E-state index in [4.69, 9.17) is 9.47 Å². The van der Waals surface area contributed by atoms with Crippen molar-refractivity contribution in [1.29, 1.82) is 0 Å². The number of carbonyl (C=O) groups is 4. The number of hydrogen-bond donors (Lipinski definition) is 2. The van der Waals surface area contributed by atoms with Crippen LogP contribution in [0.25, 0.3) is 0 Å². The molecule has 2 heterocycles. The second kappa shape index (κ2) is 14.7. The number of morpholine rings is 2. The molecule has 12 heteroatoms. The Morgan fingerprint density at radius 1 is 0.643 bits per heavy atom. The van der Waals surface area contributed by atoms with Gasteiger partial charge in [-0.05, 0) is 36.4 Å². The quantitative estimate of drug-likeness (QED) is 0.178. The molecule has 2 aliphatic heterocycles. The molecule has 2 saturated heterocycles. The van der Waals surface area contributed by atoms with Crippen LogP contribution in [-0.4, -0.2) is 112 Å². The van der Waals surface area contributed by atoms with Crippen LogP contribution in [0.2, 0.25) is 0 Å². The SMILES string of the molecule is C[N+]1(CCC(=O)Nc2ccc3c(c2)C(=O)c2cc(NC(=O)CC[N+]4(C)CCOCC4)ccc2C3=O)CCOCC1.[I-].[I-]. The van der Waals surface area contributed by atoms with Gasteiger partial charge in [-0.15, -0.1) is 0 Å². The summed E-state index contributed by atoms with van der Waals surface area (Å²) in [6.07, 6.45) is 0.691. The Morgan fingerprint density at radius 2 is 1.00 bits per heavy atom. The van der Waals surface area contributed by atoms with E-state index in [2.05, 4.69) is 24.7 Å². The van der Waals surface area contributed by atoms with E-state index in [-0.39, 0.29) is 82.5 Å². The van der Waals surface area contributed by atoms with Crippen molar-refractivity contribution < 1.29 is 85.6 Å². The van der Waals surface area contributed by atoms with E-state index in [9.17, 15) is 19.2 Å². The summed E-state index contributed by atoms with van der Waals surface area (Å²) in [6, 6.07) is 9.63. The van der Waals surface area contributed by atoms with Gasteiger partial charge in [0.1, 0.15) is 26.2 Å². The van der Waals surface area contributed by atoms with Crippen molar-refractivity contribution in [1.82, 2.24) is 0 Å². The van der Waals surface area contributed by atoms with E-state index in [1.807, 2.05) is 0 Å². The first-order chi connectivity index (χ1) is 19.1. The van der Waals surface area contributed by atoms with Crippen LogP contribution in [0.4, 0.5) is 11.4 Å². The maximum atomic E-state index is 13.5. The number of hydrogen-bond acceptors (Lipinski definition) is 6. The zero-order valence-corrected chi connectivity index (χ0v) is 28.4. The highest BCUT2D eigenvalue weighted by Gasteiger charge is 2.31. The standard InChI is InChI=1S/C30H36N4O6.2HI/c1-33(11-15-39-16-12-33)9-7-27(35)31-21-3-5-23-25(19-21)30(38)26-20-22(4-6-24(26)29(23)37)32-28(36)8-10-34(2)13-17-40-18-14-34;;/h3-6,19-20H,7-18H2,1-2H3;2*1H. The number of halogens is 2. The molecule has 10 nitrogen and oxygen atoms in total. The van der Waals surface area contributed by atoms with E-state index < -0.39 is 0 Å². The first-order valence-corrected chi connectivity index (χ1v) is 13.9. The number of benzene rings is 2. The van der Waals surface area contributed by atoms with Crippen LogP contribution in [0.15, 0.2) is 36.4 Å². The molecule has 2 aromatic carbocycles. The van der Waals surface area contributed by atoms with Gasteiger partial charge >= 0.3 is 0 Å². The molecule has 0 saturated carbocycles. The second-order valence-electron chi connectivity index (χ2n) is 11.6. The largest absolute Gasteiger partial charge is 1.00 e. The first kappa shape index (κ1) is 34.5. The van der Waals surface area contributed by atoms with Gasteiger partial charge in [0.05, 0.1) is 66.5 Å². The number of carbonyl (C=O) groups excluding carboxylic acids is 4. The highest BCUT2D eigenvalue weighted by atomic mass is 127. The van der Waals surface area contributed by atoms with Gasteiger partial charge in [-0.3, -0.25) is 19.2 Å². The monoisotopic (exact) mass is 804 g/mol. The molecular formula is C30H38I2N4O6. The van der Waals surface area contributed by atoms with Gasteiger partial charge in [-0.1, -0.05) is 0 Å². The fourth-order valence-electron chi connectivity index (χ4n) is 5.51. The zero-order chi connectivity index (χ0) is 28.3. The number of quaternary nitrogens is 2. The second-order valence-corrected chi connectivity index (χ2v) is 11.6. The average Bonchev–Trinajstić information content (AvgIpc) is 2.95. The minimum Gasteiger partial charge on any atom is -1.00 e. The summed E-state index contributed by atoms with van der Waals surface area (Å²) >= 11 is 0. The van der Waals surface area contributed by atoms with Crippen LogP contribution in [-0.2, 0) is 19.1 Å². The van der Waals surface area contributed by atoms with Gasteiger partial charge in [0.15, 0.2) is 11.6 Å². The topological polar surface area (TPSA) is 111 Å². The Hall–Kier alpha value is -1.98. The fourth-order valence-corrected chi connectivity index (χ4v) is 5.51. The summed E-state index contributed by atoms with van der Waals surface area (Å²) in [4.78, 5) is 52.0. The number of likely N-dealkylation sites (N-methyl/N-ethyl adjacent to an activating group) is 2. The van der Waals surface area contributed by atoms with Crippen molar-refractivity contribution >= 4 is 34.8 Å². The number of nitrogens with one attached hydrogen (secondary N) is 2. The van der Waals surface area contributed by atoms with Crippen molar-refractivity contribution in [2.75, 3.05) is 90.4 Å². The number of rotatable bonds is 8. The van der Waals surface area contributed by atoms with Crippen molar-refractivity contribution in [3.8, 4) is 0 Å². The number of anilines is 2. The van der Waals surface area contributed by atoms with E-state index >= 15 is 0 Å². The molecule has 3 aliphatic rings. The summed E-state index contributed by atoms with van der Waals surface area (Å²) in [5.74, 6) is -0.845. The number of amides is 2. The minimum atomic E-state index is -0.311. The molecule has 0 radical (unpaired) electrons. The lowest BCUT2D eigenvalue weighted by molar-refractivity contribution is -0.916. The molecule has 0 bridgehead atoms. The predicted octanol–water partition coefficient (Wildman–Crippen LogP) is -3.92. The molecule has 228 valence electrons. The molecule has 2 N–H and O–H groups in total. The van der Waals surface area contributed by atoms with Crippen molar-refractivity contribution in [2.24, 2.45) is 0 Å². The normalized spacial score (nSPS) is 18.4. The van der Waals surface area contributed by atoms with Gasteiger partial charge in [-0.25, -0.2) is 0 Å². The van der Waals surface area contributed by atoms with Gasteiger partial charge in [-0.2, -0.15) is 0 Å². The first-order valence-electron chi connectivity index (χ1n) is 13.9. The maximum absolute atomic E-state index is 13.5. The molecule has 2 fully saturated rings. The molecule has 5 rings (SSSR count). The lowest BCUT2D eigenvalue weighted by Crippen LogP contribution is -3.00. The van der Waals surface area contributed by atoms with E-state index in [1.165, 1.54) is 0 Å². The van der Waals surface area contributed by atoms with Gasteiger partial charge in [0.25, 0.3) is 0 Å². The third-order valence-electron chi connectivity index (χ3n) is 8.44. The Labute approximate surface area is 280 Å². The minimum absolute atomic E-state index is 0. The van der Waals surface area contributed by atoms with E-state index in [0.717, 1.165) is 35.1 Å². The Morgan fingerprint density at radius 3 is 1.38 bits per heavy atom. The van der Waals surface area contributed by atoms with Crippen molar-refractivity contribution in [3.63, 3.8) is 0 Å². The molecule has 2 amide bonds. The van der Waals surface area contributed by atoms with Crippen LogP contribution in [0.1, 0.15) is 44.7 Å². The number of ketones is 2. The summed E-state index contributed by atoms with van der Waals surface area (Å²) in [7, 11) is 4.25. The maximum Gasteiger partial charge on any atom is 0.230 e. The molecule has 42 heavy (non-hydrogen) atoms. The molecule has 2 aromatic rings. The summed E-state index contributed by atoms with van der Waals surface area (Å²) in [6.45, 7) is 7.68.